The maximum Gasteiger partial charge on any atom is 0.323 e. The number of nitrogens with one attached hydrogen (secondary N) is 1. The van der Waals surface area contributed by atoms with Crippen LogP contribution in [-0.2, 0) is 27.3 Å². The van der Waals surface area contributed by atoms with Gasteiger partial charge >= 0.3 is 5.97 Å². The van der Waals surface area contributed by atoms with Crippen molar-refractivity contribution in [2.45, 2.75) is 19.0 Å². The van der Waals surface area contributed by atoms with Gasteiger partial charge in [-0.05, 0) is 35.7 Å². The lowest BCUT2D eigenvalue weighted by atomic mass is 9.94. The number of rotatable bonds is 4. The first-order valence-corrected chi connectivity index (χ1v) is 8.87. The molecule has 1 atom stereocenters. The Morgan fingerprint density at radius 1 is 1.19 bits per heavy atom. The summed E-state index contributed by atoms with van der Waals surface area (Å²) in [5.41, 5.74) is 2.63. The van der Waals surface area contributed by atoms with Gasteiger partial charge in [-0.3, -0.25) is 14.5 Å². The molecule has 7 heteroatoms. The molecule has 2 aromatic carbocycles. The van der Waals surface area contributed by atoms with Crippen molar-refractivity contribution in [3.8, 4) is 0 Å². The number of esters is 1. The van der Waals surface area contributed by atoms with Crippen molar-refractivity contribution >= 4 is 40.8 Å². The molecular weight excluding hydrogens is 375 g/mol. The van der Waals surface area contributed by atoms with E-state index in [0.29, 0.717) is 28.7 Å². The zero-order chi connectivity index (χ0) is 18.7. The van der Waals surface area contributed by atoms with Gasteiger partial charge in [-0.1, -0.05) is 47.5 Å². The van der Waals surface area contributed by atoms with E-state index in [1.54, 1.807) is 18.2 Å². The van der Waals surface area contributed by atoms with Crippen LogP contribution in [0, 0.1) is 0 Å². The Kier molecular flexibility index (Phi) is 5.81. The molecule has 0 saturated heterocycles. The smallest absolute Gasteiger partial charge is 0.323 e. The second-order valence-corrected chi connectivity index (χ2v) is 6.93. The molecule has 1 amide bonds. The van der Waals surface area contributed by atoms with Gasteiger partial charge in [0, 0.05) is 11.6 Å². The van der Waals surface area contributed by atoms with Gasteiger partial charge < -0.3 is 10.1 Å². The van der Waals surface area contributed by atoms with E-state index in [4.69, 9.17) is 27.9 Å². The van der Waals surface area contributed by atoms with E-state index in [1.807, 2.05) is 29.2 Å². The molecule has 5 nitrogen and oxygen atoms in total. The van der Waals surface area contributed by atoms with Crippen molar-refractivity contribution in [1.29, 1.82) is 0 Å². The standard InChI is InChI=1S/C19H18Cl2N2O3/c1-26-19(25)17-8-12-4-2-3-5-13(12)10-23(17)11-18(24)22-16-9-14(20)6-7-15(16)21/h2-7,9,17H,8,10-11H2,1H3,(H,22,24)/t17-/m0/s1. The van der Waals surface area contributed by atoms with Crippen LogP contribution in [0.5, 0.6) is 0 Å². The first-order valence-electron chi connectivity index (χ1n) is 8.11. The summed E-state index contributed by atoms with van der Waals surface area (Å²) in [5.74, 6) is -0.629. The molecule has 0 aromatic heterocycles. The largest absolute Gasteiger partial charge is 0.468 e. The molecule has 0 bridgehead atoms. The number of hydrogen-bond acceptors (Lipinski definition) is 4. The van der Waals surface area contributed by atoms with Crippen molar-refractivity contribution in [2.24, 2.45) is 0 Å². The van der Waals surface area contributed by atoms with Crippen molar-refractivity contribution < 1.29 is 14.3 Å². The maximum atomic E-state index is 12.5. The highest BCUT2D eigenvalue weighted by atomic mass is 35.5. The fraction of sp³-hybridized carbons (Fsp3) is 0.263. The first kappa shape index (κ1) is 18.7. The summed E-state index contributed by atoms with van der Waals surface area (Å²) in [5, 5.41) is 3.63. The molecule has 1 aliphatic heterocycles. The van der Waals surface area contributed by atoms with Crippen molar-refractivity contribution in [3.63, 3.8) is 0 Å². The fourth-order valence-electron chi connectivity index (χ4n) is 3.08. The van der Waals surface area contributed by atoms with E-state index in [9.17, 15) is 9.59 Å². The average Bonchev–Trinajstić information content (AvgIpc) is 2.63. The molecule has 1 N–H and O–H groups in total. The van der Waals surface area contributed by atoms with Crippen molar-refractivity contribution in [1.82, 2.24) is 4.90 Å². The zero-order valence-corrected chi connectivity index (χ0v) is 15.7. The Morgan fingerprint density at radius 2 is 1.92 bits per heavy atom. The third kappa shape index (κ3) is 4.18. The van der Waals surface area contributed by atoms with Crippen LogP contribution >= 0.6 is 23.2 Å². The second kappa shape index (κ2) is 8.08. The molecule has 136 valence electrons. The number of fused-ring (bicyclic) bond motifs is 1. The molecule has 0 unspecified atom stereocenters. The van der Waals surface area contributed by atoms with Gasteiger partial charge in [0.05, 0.1) is 24.4 Å². The Hall–Kier alpha value is -2.08. The molecule has 26 heavy (non-hydrogen) atoms. The number of anilines is 1. The van der Waals surface area contributed by atoms with E-state index in [-0.39, 0.29) is 18.4 Å². The van der Waals surface area contributed by atoms with Crippen molar-refractivity contribution in [3.05, 3.63) is 63.6 Å². The number of carbonyl (C=O) groups is 2. The average molecular weight is 393 g/mol. The van der Waals surface area contributed by atoms with Crippen LogP contribution in [0.1, 0.15) is 11.1 Å². The van der Waals surface area contributed by atoms with Gasteiger partial charge in [-0.2, -0.15) is 0 Å². The van der Waals surface area contributed by atoms with E-state index in [1.165, 1.54) is 7.11 Å². The lowest BCUT2D eigenvalue weighted by molar-refractivity contribution is -0.148. The van der Waals surface area contributed by atoms with Crippen LogP contribution in [0.4, 0.5) is 5.69 Å². The molecule has 0 aliphatic carbocycles. The highest BCUT2D eigenvalue weighted by molar-refractivity contribution is 6.35. The molecule has 0 radical (unpaired) electrons. The Bertz CT molecular complexity index is 841. The molecular formula is C19H18Cl2N2O3. The fourth-order valence-corrected chi connectivity index (χ4v) is 3.42. The third-order valence-electron chi connectivity index (χ3n) is 4.37. The van der Waals surface area contributed by atoms with Crippen LogP contribution in [0.15, 0.2) is 42.5 Å². The number of halogens is 2. The van der Waals surface area contributed by atoms with E-state index in [0.717, 1.165) is 11.1 Å². The molecule has 1 heterocycles. The minimum Gasteiger partial charge on any atom is -0.468 e. The summed E-state index contributed by atoms with van der Waals surface area (Å²) >= 11 is 12.0. The summed E-state index contributed by atoms with van der Waals surface area (Å²) in [4.78, 5) is 26.5. The highest BCUT2D eigenvalue weighted by Crippen LogP contribution is 2.27. The normalized spacial score (nSPS) is 16.7. The Balaban J connectivity index is 1.76. The number of hydrogen-bond donors (Lipinski definition) is 1. The van der Waals surface area contributed by atoms with E-state index >= 15 is 0 Å². The lowest BCUT2D eigenvalue weighted by Gasteiger charge is -2.34. The van der Waals surface area contributed by atoms with Crippen LogP contribution in [0.2, 0.25) is 10.0 Å². The molecule has 2 aromatic rings. The second-order valence-electron chi connectivity index (χ2n) is 6.09. The lowest BCUT2D eigenvalue weighted by Crippen LogP contribution is -2.49. The molecule has 0 saturated carbocycles. The number of ether oxygens (including phenoxy) is 1. The minimum absolute atomic E-state index is 0.0386. The van der Waals surface area contributed by atoms with E-state index in [2.05, 4.69) is 5.32 Å². The summed E-state index contributed by atoms with van der Waals surface area (Å²) in [6.07, 6.45) is 0.508. The minimum atomic E-state index is -0.504. The molecule has 1 aliphatic rings. The van der Waals surface area contributed by atoms with Crippen molar-refractivity contribution in [2.75, 3.05) is 19.0 Å². The summed E-state index contributed by atoms with van der Waals surface area (Å²) in [6.45, 7) is 0.531. The van der Waals surface area contributed by atoms with Gasteiger partial charge in [-0.15, -0.1) is 0 Å². The van der Waals surface area contributed by atoms with Gasteiger partial charge in [0.2, 0.25) is 5.91 Å². The first-order chi connectivity index (χ1) is 12.5. The Labute approximate surface area is 161 Å². The summed E-state index contributed by atoms with van der Waals surface area (Å²) in [6, 6.07) is 12.2. The van der Waals surface area contributed by atoms with Gasteiger partial charge in [0.15, 0.2) is 0 Å². The predicted molar refractivity (Wildman–Crippen MR) is 101 cm³/mol. The number of nitrogens with zero attached hydrogens (tertiary/aromatic N) is 1. The zero-order valence-electron chi connectivity index (χ0n) is 14.2. The maximum absolute atomic E-state index is 12.5. The number of methoxy groups -OCH3 is 1. The molecule has 0 fully saturated rings. The van der Waals surface area contributed by atoms with E-state index < -0.39 is 6.04 Å². The van der Waals surface area contributed by atoms with Crippen LogP contribution in [0.3, 0.4) is 0 Å². The SMILES string of the molecule is COC(=O)[C@@H]1Cc2ccccc2CN1CC(=O)Nc1cc(Cl)ccc1Cl. The van der Waals surface area contributed by atoms with Gasteiger partial charge in [-0.25, -0.2) is 0 Å². The summed E-state index contributed by atoms with van der Waals surface area (Å²) < 4.78 is 4.92. The van der Waals surface area contributed by atoms with Crippen LogP contribution < -0.4 is 5.32 Å². The predicted octanol–water partition coefficient (Wildman–Crippen LogP) is 3.53. The molecule has 0 spiro atoms. The van der Waals surface area contributed by atoms with Gasteiger partial charge in [0.25, 0.3) is 0 Å². The Morgan fingerprint density at radius 3 is 2.65 bits per heavy atom. The van der Waals surface area contributed by atoms with Gasteiger partial charge in [0.1, 0.15) is 6.04 Å². The number of benzene rings is 2. The highest BCUT2D eigenvalue weighted by Gasteiger charge is 2.33. The number of carbonyl (C=O) groups excluding carboxylic acids is 2. The quantitative estimate of drug-likeness (QED) is 0.808. The monoisotopic (exact) mass is 392 g/mol. The summed E-state index contributed by atoms with van der Waals surface area (Å²) in [7, 11) is 1.35. The third-order valence-corrected chi connectivity index (χ3v) is 4.93. The van der Waals surface area contributed by atoms with Crippen LogP contribution in [-0.4, -0.2) is 36.5 Å². The number of amides is 1. The van der Waals surface area contributed by atoms with Crippen LogP contribution in [0.25, 0.3) is 0 Å². The molecule has 3 rings (SSSR count). The topological polar surface area (TPSA) is 58.6 Å².